The fraction of sp³-hybridized carbons (Fsp3) is 0.182. The lowest BCUT2D eigenvalue weighted by Crippen LogP contribution is -2.21. The van der Waals surface area contributed by atoms with E-state index in [2.05, 4.69) is 39.4 Å². The summed E-state index contributed by atoms with van der Waals surface area (Å²) < 4.78 is 50.9. The molecule has 35 heavy (non-hydrogen) atoms. The molecule has 4 rings (SSSR count). The number of aliphatic carboxylic acids is 1. The van der Waals surface area contributed by atoms with Gasteiger partial charge in [0.05, 0.1) is 11.7 Å². The minimum absolute atomic E-state index is 0.0153. The highest BCUT2D eigenvalue weighted by Gasteiger charge is 2.38. The van der Waals surface area contributed by atoms with Gasteiger partial charge >= 0.3 is 17.9 Å². The van der Waals surface area contributed by atoms with Crippen molar-refractivity contribution >= 4 is 40.2 Å². The normalized spacial score (nSPS) is 11.2. The minimum Gasteiger partial charge on any atom is -0.475 e. The number of nitrogens with zero attached hydrogens (tertiary/aromatic N) is 2. The van der Waals surface area contributed by atoms with Crippen LogP contribution in [0.4, 0.5) is 40.7 Å². The van der Waals surface area contributed by atoms with Gasteiger partial charge in [-0.25, -0.2) is 19.0 Å². The first-order chi connectivity index (χ1) is 16.4. The fourth-order valence-electron chi connectivity index (χ4n) is 2.76. The Morgan fingerprint density at radius 2 is 1.71 bits per heavy atom. The second-order valence-electron chi connectivity index (χ2n) is 7.45. The molecule has 0 spiro atoms. The first kappa shape index (κ1) is 25.2. The third-order valence-corrected chi connectivity index (χ3v) is 4.50. The van der Waals surface area contributed by atoms with Gasteiger partial charge in [0, 0.05) is 11.4 Å². The number of hydrogen-bond acceptors (Lipinski definition) is 7. The zero-order valence-electron chi connectivity index (χ0n) is 18.3. The van der Waals surface area contributed by atoms with Crippen molar-refractivity contribution in [2.24, 2.45) is 0 Å². The van der Waals surface area contributed by atoms with E-state index in [1.54, 1.807) is 18.2 Å². The molecule has 0 amide bonds. The summed E-state index contributed by atoms with van der Waals surface area (Å²) in [5.74, 6) is -3.18. The molecule has 13 heteroatoms. The number of fused-ring (bicyclic) bond motifs is 1. The summed E-state index contributed by atoms with van der Waals surface area (Å²) in [7, 11) is 0. The van der Waals surface area contributed by atoms with E-state index in [0.29, 0.717) is 22.7 Å². The first-order valence-corrected chi connectivity index (χ1v) is 10.0. The number of carboxylic acid groups (broad SMARTS) is 1. The summed E-state index contributed by atoms with van der Waals surface area (Å²) >= 11 is 0. The van der Waals surface area contributed by atoms with Crippen molar-refractivity contribution in [1.29, 1.82) is 0 Å². The van der Waals surface area contributed by atoms with Crippen molar-refractivity contribution in [3.8, 4) is 0 Å². The molecule has 0 aliphatic rings. The minimum atomic E-state index is -5.08. The highest BCUT2D eigenvalue weighted by Crippen LogP contribution is 2.24. The van der Waals surface area contributed by atoms with E-state index in [1.165, 1.54) is 5.56 Å². The van der Waals surface area contributed by atoms with Gasteiger partial charge in [0.25, 0.3) is 0 Å². The standard InChI is InChI=1S/C20H18FN5O2.C2HF3O2/c1-11(2)12-3-5-13(6-4-12)24-19-22-10-15(21)18(26-19)23-14-7-8-17-16(9-14)25-20(27)28-17;3-2(4,5)1(6)7/h3-11H,1-2H3,(H,25,27)(H2,22,23,24,26);(H,6,7). The number of carbonyl (C=O) groups is 1. The number of aromatic nitrogens is 3. The molecule has 9 nitrogen and oxygen atoms in total. The number of hydrogen-bond donors (Lipinski definition) is 4. The van der Waals surface area contributed by atoms with E-state index in [9.17, 15) is 22.4 Å². The van der Waals surface area contributed by atoms with Crippen molar-refractivity contribution in [1.82, 2.24) is 15.0 Å². The molecule has 2 heterocycles. The van der Waals surface area contributed by atoms with Gasteiger partial charge in [-0.15, -0.1) is 0 Å². The quantitative estimate of drug-likeness (QED) is 0.276. The third kappa shape index (κ3) is 6.79. The second kappa shape index (κ2) is 10.2. The van der Waals surface area contributed by atoms with Crippen LogP contribution in [0, 0.1) is 5.82 Å². The molecule has 184 valence electrons. The molecule has 2 aromatic carbocycles. The number of halogens is 4. The molecule has 0 fully saturated rings. The molecule has 0 aliphatic heterocycles. The number of aromatic amines is 1. The van der Waals surface area contributed by atoms with Gasteiger partial charge < -0.3 is 20.2 Å². The van der Waals surface area contributed by atoms with Crippen LogP contribution in [0.5, 0.6) is 0 Å². The number of rotatable bonds is 5. The van der Waals surface area contributed by atoms with Crippen LogP contribution >= 0.6 is 0 Å². The molecular weight excluding hydrogens is 474 g/mol. The number of nitrogens with one attached hydrogen (secondary N) is 3. The monoisotopic (exact) mass is 493 g/mol. The lowest BCUT2D eigenvalue weighted by molar-refractivity contribution is -0.192. The van der Waals surface area contributed by atoms with Crippen molar-refractivity contribution in [2.75, 3.05) is 10.6 Å². The smallest absolute Gasteiger partial charge is 0.475 e. The lowest BCUT2D eigenvalue weighted by atomic mass is 10.0. The van der Waals surface area contributed by atoms with Crippen molar-refractivity contribution < 1.29 is 31.9 Å². The highest BCUT2D eigenvalue weighted by atomic mass is 19.4. The van der Waals surface area contributed by atoms with Crippen molar-refractivity contribution in [3.05, 3.63) is 70.6 Å². The molecule has 4 N–H and O–H groups in total. The maximum atomic E-state index is 14.2. The first-order valence-electron chi connectivity index (χ1n) is 10.0. The number of oxazole rings is 1. The van der Waals surface area contributed by atoms with Crippen LogP contribution in [-0.2, 0) is 4.79 Å². The molecule has 0 bridgehead atoms. The number of anilines is 4. The van der Waals surface area contributed by atoms with Crippen LogP contribution in [0.2, 0.25) is 0 Å². The van der Waals surface area contributed by atoms with Crippen LogP contribution in [0.25, 0.3) is 11.1 Å². The number of alkyl halides is 3. The Morgan fingerprint density at radius 3 is 2.31 bits per heavy atom. The second-order valence-corrected chi connectivity index (χ2v) is 7.45. The van der Waals surface area contributed by atoms with Crippen LogP contribution in [-0.4, -0.2) is 32.2 Å². The molecule has 0 unspecified atom stereocenters. The van der Waals surface area contributed by atoms with Gasteiger partial charge in [-0.2, -0.15) is 18.2 Å². The van der Waals surface area contributed by atoms with E-state index >= 15 is 0 Å². The third-order valence-electron chi connectivity index (χ3n) is 4.50. The Balaban J connectivity index is 0.000000429. The average Bonchev–Trinajstić information content (AvgIpc) is 3.15. The number of carboxylic acids is 1. The predicted octanol–water partition coefficient (Wildman–Crippen LogP) is 5.29. The lowest BCUT2D eigenvalue weighted by Gasteiger charge is -2.10. The molecule has 0 aliphatic carbocycles. The maximum absolute atomic E-state index is 14.2. The summed E-state index contributed by atoms with van der Waals surface area (Å²) in [5.41, 5.74) is 3.51. The van der Waals surface area contributed by atoms with Crippen molar-refractivity contribution in [2.45, 2.75) is 25.9 Å². The van der Waals surface area contributed by atoms with E-state index in [4.69, 9.17) is 14.3 Å². The number of benzene rings is 2. The highest BCUT2D eigenvalue weighted by molar-refractivity contribution is 5.78. The Morgan fingerprint density at radius 1 is 1.09 bits per heavy atom. The summed E-state index contributed by atoms with van der Waals surface area (Å²) in [6.07, 6.45) is -3.99. The van der Waals surface area contributed by atoms with Gasteiger partial charge in [0.15, 0.2) is 17.2 Å². The molecule has 0 atom stereocenters. The average molecular weight is 493 g/mol. The molecular formula is C22H19F4N5O4. The maximum Gasteiger partial charge on any atom is 0.490 e. The molecule has 0 radical (unpaired) electrons. The molecule has 0 saturated carbocycles. The molecule has 0 saturated heterocycles. The zero-order chi connectivity index (χ0) is 25.8. The van der Waals surface area contributed by atoms with Gasteiger partial charge in [-0.1, -0.05) is 26.0 Å². The summed E-state index contributed by atoms with van der Waals surface area (Å²) in [5, 5.41) is 13.1. The van der Waals surface area contributed by atoms with E-state index in [-0.39, 0.29) is 11.8 Å². The Labute approximate surface area is 194 Å². The van der Waals surface area contributed by atoms with E-state index in [0.717, 1.165) is 11.9 Å². The largest absolute Gasteiger partial charge is 0.490 e. The Bertz CT molecular complexity index is 1380. The van der Waals surface area contributed by atoms with Gasteiger partial charge in [-0.05, 0) is 41.8 Å². The van der Waals surface area contributed by atoms with Gasteiger partial charge in [-0.3, -0.25) is 4.98 Å². The molecule has 2 aromatic heterocycles. The summed E-state index contributed by atoms with van der Waals surface area (Å²) in [6.45, 7) is 4.25. The van der Waals surface area contributed by atoms with Crippen LogP contribution < -0.4 is 16.4 Å². The van der Waals surface area contributed by atoms with Gasteiger partial charge in [0.2, 0.25) is 5.95 Å². The summed E-state index contributed by atoms with van der Waals surface area (Å²) in [4.78, 5) is 30.9. The van der Waals surface area contributed by atoms with Crippen LogP contribution in [0.3, 0.4) is 0 Å². The topological polar surface area (TPSA) is 133 Å². The van der Waals surface area contributed by atoms with Crippen LogP contribution in [0.1, 0.15) is 25.3 Å². The van der Waals surface area contributed by atoms with Crippen molar-refractivity contribution in [3.63, 3.8) is 0 Å². The number of H-pyrrole nitrogens is 1. The summed E-state index contributed by atoms with van der Waals surface area (Å²) in [6, 6.07) is 12.8. The fourth-order valence-corrected chi connectivity index (χ4v) is 2.76. The SMILES string of the molecule is CC(C)c1ccc(Nc2ncc(F)c(Nc3ccc4oc(=O)[nH]c4c3)n2)cc1.O=C(O)C(F)(F)F. The Kier molecular flexibility index (Phi) is 7.37. The molecule has 4 aromatic rings. The van der Waals surface area contributed by atoms with E-state index in [1.807, 2.05) is 24.3 Å². The van der Waals surface area contributed by atoms with E-state index < -0.39 is 23.7 Å². The Hall–Kier alpha value is -4.42. The zero-order valence-corrected chi connectivity index (χ0v) is 18.3. The van der Waals surface area contributed by atoms with Crippen LogP contribution in [0.15, 0.2) is 57.9 Å². The van der Waals surface area contributed by atoms with Gasteiger partial charge in [0.1, 0.15) is 0 Å². The predicted molar refractivity (Wildman–Crippen MR) is 120 cm³/mol.